The van der Waals surface area contributed by atoms with Gasteiger partial charge in [0, 0.05) is 23.5 Å². The number of nitrogens with one attached hydrogen (secondary N) is 2. The molecule has 1 heterocycles. The lowest BCUT2D eigenvalue weighted by molar-refractivity contribution is 0.327. The molecule has 170 valence electrons. The quantitative estimate of drug-likeness (QED) is 0.404. The zero-order chi connectivity index (χ0) is 22.9. The van der Waals surface area contributed by atoms with Gasteiger partial charge in [-0.2, -0.15) is 4.99 Å². The molecule has 0 aliphatic carbocycles. The van der Waals surface area contributed by atoms with E-state index < -0.39 is 0 Å². The standard InChI is InChI=1S/C23H26Cl2N4O2S/c1-4-30-18-7-9-21(31-5-2)16(12-18)10-11-26-15(3)14-27-22-29-23(32-22)28-20-13-17(24)6-8-19(20)25/h6-9,12-14,26H,4-5,10-11H2,1-3H3,(H,27,28,29)/b15-14+. The second-order valence-electron chi connectivity index (χ2n) is 6.80. The van der Waals surface area contributed by atoms with Gasteiger partial charge in [0.2, 0.25) is 0 Å². The van der Waals surface area contributed by atoms with Crippen LogP contribution in [0.1, 0.15) is 26.3 Å². The Morgan fingerprint density at radius 2 is 1.91 bits per heavy atom. The minimum absolute atomic E-state index is 0.585. The fourth-order valence-corrected chi connectivity index (χ4v) is 3.81. The zero-order valence-electron chi connectivity index (χ0n) is 18.2. The first-order valence-corrected chi connectivity index (χ1v) is 11.9. The van der Waals surface area contributed by atoms with Crippen molar-refractivity contribution in [2.45, 2.75) is 27.2 Å². The van der Waals surface area contributed by atoms with Crippen LogP contribution in [0, 0.1) is 0 Å². The van der Waals surface area contributed by atoms with Crippen molar-refractivity contribution in [3.05, 3.63) is 63.9 Å². The zero-order valence-corrected chi connectivity index (χ0v) is 20.6. The molecule has 0 atom stereocenters. The highest BCUT2D eigenvalue weighted by atomic mass is 35.5. The number of hydrogen-bond donors (Lipinski definition) is 2. The van der Waals surface area contributed by atoms with Crippen molar-refractivity contribution in [3.63, 3.8) is 0 Å². The van der Waals surface area contributed by atoms with Crippen molar-refractivity contribution in [3.8, 4) is 11.5 Å². The maximum Gasteiger partial charge on any atom is 0.197 e. The number of halogens is 2. The number of amidine groups is 2. The van der Waals surface area contributed by atoms with Gasteiger partial charge in [0.15, 0.2) is 10.3 Å². The Morgan fingerprint density at radius 1 is 1.12 bits per heavy atom. The van der Waals surface area contributed by atoms with Gasteiger partial charge in [0.05, 0.1) is 23.9 Å². The third kappa shape index (κ3) is 7.08. The van der Waals surface area contributed by atoms with E-state index in [1.807, 2.05) is 39.0 Å². The minimum Gasteiger partial charge on any atom is -0.494 e. The second kappa shape index (κ2) is 12.0. The molecule has 1 aliphatic heterocycles. The van der Waals surface area contributed by atoms with E-state index in [0.717, 1.165) is 46.6 Å². The highest BCUT2D eigenvalue weighted by Crippen LogP contribution is 2.29. The summed E-state index contributed by atoms with van der Waals surface area (Å²) in [6.07, 6.45) is 2.58. The first kappa shape index (κ1) is 24.3. The number of anilines is 1. The summed E-state index contributed by atoms with van der Waals surface area (Å²) in [4.78, 5) is 8.76. The normalized spacial score (nSPS) is 14.6. The van der Waals surface area contributed by atoms with Gasteiger partial charge in [-0.25, -0.2) is 4.99 Å². The average molecular weight is 493 g/mol. The van der Waals surface area contributed by atoms with E-state index in [1.165, 1.54) is 11.8 Å². The number of aliphatic imine (C=N–C) groups is 2. The predicted molar refractivity (Wildman–Crippen MR) is 137 cm³/mol. The number of nitrogens with zero attached hydrogens (tertiary/aromatic N) is 2. The molecule has 0 saturated carbocycles. The predicted octanol–water partition coefficient (Wildman–Crippen LogP) is 6.36. The summed E-state index contributed by atoms with van der Waals surface area (Å²) in [5.74, 6) is 1.74. The largest absolute Gasteiger partial charge is 0.494 e. The molecule has 2 aromatic carbocycles. The fourth-order valence-electron chi connectivity index (χ4n) is 2.89. The van der Waals surface area contributed by atoms with Gasteiger partial charge in [0.1, 0.15) is 11.5 Å². The molecule has 0 amide bonds. The van der Waals surface area contributed by atoms with Crippen molar-refractivity contribution in [1.82, 2.24) is 5.32 Å². The first-order chi connectivity index (χ1) is 15.5. The molecule has 9 heteroatoms. The Kier molecular flexibility index (Phi) is 9.14. The molecule has 0 radical (unpaired) electrons. The number of benzene rings is 2. The Balaban J connectivity index is 1.51. The molecular weight excluding hydrogens is 467 g/mol. The lowest BCUT2D eigenvalue weighted by Crippen LogP contribution is -2.20. The van der Waals surface area contributed by atoms with Crippen molar-refractivity contribution in [1.29, 1.82) is 0 Å². The molecular formula is C23H26Cl2N4O2S. The van der Waals surface area contributed by atoms with Crippen LogP contribution in [0.15, 0.2) is 58.3 Å². The Bertz CT molecular complexity index is 1040. The summed E-state index contributed by atoms with van der Waals surface area (Å²) in [7, 11) is 0. The van der Waals surface area contributed by atoms with Crippen LogP contribution in [0.3, 0.4) is 0 Å². The average Bonchev–Trinajstić information content (AvgIpc) is 2.74. The van der Waals surface area contributed by atoms with Crippen LogP contribution in [-0.4, -0.2) is 30.1 Å². The molecule has 6 nitrogen and oxygen atoms in total. The van der Waals surface area contributed by atoms with E-state index in [0.29, 0.717) is 28.4 Å². The molecule has 2 N–H and O–H groups in total. The van der Waals surface area contributed by atoms with E-state index in [1.54, 1.807) is 24.4 Å². The highest BCUT2D eigenvalue weighted by molar-refractivity contribution is 8.29. The lowest BCUT2D eigenvalue weighted by Gasteiger charge is -2.16. The molecule has 0 aromatic heterocycles. The van der Waals surface area contributed by atoms with Gasteiger partial charge in [0.25, 0.3) is 0 Å². The Labute approximate surface area is 203 Å². The van der Waals surface area contributed by atoms with Gasteiger partial charge >= 0.3 is 0 Å². The van der Waals surface area contributed by atoms with E-state index >= 15 is 0 Å². The number of rotatable bonds is 10. The van der Waals surface area contributed by atoms with Gasteiger partial charge in [-0.1, -0.05) is 23.2 Å². The third-order valence-corrected chi connectivity index (χ3v) is 5.70. The van der Waals surface area contributed by atoms with Crippen molar-refractivity contribution in [2.75, 3.05) is 25.1 Å². The number of thioether (sulfide) groups is 1. The van der Waals surface area contributed by atoms with Crippen LogP contribution in [0.25, 0.3) is 0 Å². The summed E-state index contributed by atoms with van der Waals surface area (Å²) in [5.41, 5.74) is 2.78. The van der Waals surface area contributed by atoms with Crippen LogP contribution in [0.4, 0.5) is 5.69 Å². The molecule has 0 fully saturated rings. The molecule has 3 rings (SSSR count). The number of ether oxygens (including phenoxy) is 2. The summed E-state index contributed by atoms with van der Waals surface area (Å²) in [6.45, 7) is 7.95. The summed E-state index contributed by atoms with van der Waals surface area (Å²) < 4.78 is 11.3. The first-order valence-electron chi connectivity index (χ1n) is 10.3. The molecule has 0 spiro atoms. The summed E-state index contributed by atoms with van der Waals surface area (Å²) >= 11 is 13.6. The smallest absolute Gasteiger partial charge is 0.197 e. The highest BCUT2D eigenvalue weighted by Gasteiger charge is 2.18. The van der Waals surface area contributed by atoms with E-state index in [9.17, 15) is 0 Å². The van der Waals surface area contributed by atoms with Gasteiger partial charge in [-0.15, -0.1) is 0 Å². The van der Waals surface area contributed by atoms with Crippen LogP contribution in [0.2, 0.25) is 10.0 Å². The van der Waals surface area contributed by atoms with Gasteiger partial charge in [-0.3, -0.25) is 0 Å². The van der Waals surface area contributed by atoms with E-state index in [4.69, 9.17) is 32.7 Å². The molecule has 32 heavy (non-hydrogen) atoms. The summed E-state index contributed by atoms with van der Waals surface area (Å²) in [5, 5.41) is 9.11. The van der Waals surface area contributed by atoms with E-state index in [2.05, 4.69) is 20.6 Å². The molecule has 1 aliphatic rings. The maximum atomic E-state index is 6.16. The molecule has 0 unspecified atom stereocenters. The molecule has 0 bridgehead atoms. The summed E-state index contributed by atoms with van der Waals surface area (Å²) in [6, 6.07) is 11.2. The van der Waals surface area contributed by atoms with Crippen LogP contribution in [0.5, 0.6) is 11.5 Å². The van der Waals surface area contributed by atoms with Crippen molar-refractivity contribution < 1.29 is 9.47 Å². The fraction of sp³-hybridized carbons (Fsp3) is 0.304. The van der Waals surface area contributed by atoms with Gasteiger partial charge < -0.3 is 20.1 Å². The van der Waals surface area contributed by atoms with Gasteiger partial charge in [-0.05, 0) is 80.9 Å². The van der Waals surface area contributed by atoms with Crippen LogP contribution < -0.4 is 20.1 Å². The lowest BCUT2D eigenvalue weighted by atomic mass is 10.1. The topological polar surface area (TPSA) is 67.2 Å². The Morgan fingerprint density at radius 3 is 2.66 bits per heavy atom. The molecule has 2 aromatic rings. The minimum atomic E-state index is 0.585. The number of hydrogen-bond acceptors (Lipinski definition) is 6. The van der Waals surface area contributed by atoms with E-state index in [-0.39, 0.29) is 0 Å². The SMILES string of the molecule is CCOc1ccc(OCC)c(CCN/C(C)=C/N=C2N=C(Nc3cc(Cl)ccc3Cl)S2)c1. The van der Waals surface area contributed by atoms with Crippen LogP contribution >= 0.6 is 35.0 Å². The Hall–Kier alpha value is -2.35. The monoisotopic (exact) mass is 492 g/mol. The number of allylic oxidation sites excluding steroid dienone is 1. The molecule has 0 saturated heterocycles. The maximum absolute atomic E-state index is 6.16. The van der Waals surface area contributed by atoms with Crippen molar-refractivity contribution >= 4 is 51.0 Å². The third-order valence-electron chi connectivity index (χ3n) is 4.36. The van der Waals surface area contributed by atoms with Crippen molar-refractivity contribution in [2.24, 2.45) is 9.98 Å². The van der Waals surface area contributed by atoms with Crippen LogP contribution in [-0.2, 0) is 6.42 Å². The second-order valence-corrected chi connectivity index (χ2v) is 8.60.